The Labute approximate surface area is 75.6 Å². The van der Waals surface area contributed by atoms with Gasteiger partial charge < -0.3 is 10.2 Å². The van der Waals surface area contributed by atoms with Crippen LogP contribution in [0.4, 0.5) is 0 Å². The van der Waals surface area contributed by atoms with Gasteiger partial charge in [0.05, 0.1) is 10.7 Å². The van der Waals surface area contributed by atoms with Crippen molar-refractivity contribution in [2.24, 2.45) is 0 Å². The van der Waals surface area contributed by atoms with Gasteiger partial charge in [-0.25, -0.2) is 0 Å². The molecule has 3 nitrogen and oxygen atoms in total. The van der Waals surface area contributed by atoms with Crippen LogP contribution in [-0.2, 0) is 6.42 Å². The Morgan fingerprint density at radius 2 is 2.25 bits per heavy atom. The Kier molecular flexibility index (Phi) is 3.31. The Bertz CT molecular complexity index is 265. The van der Waals surface area contributed by atoms with Gasteiger partial charge >= 0.3 is 0 Å². The monoisotopic (exact) mass is 187 g/mol. The van der Waals surface area contributed by atoms with Gasteiger partial charge in [-0.1, -0.05) is 11.6 Å². The van der Waals surface area contributed by atoms with Crippen LogP contribution < -0.4 is 0 Å². The van der Waals surface area contributed by atoms with E-state index in [1.54, 1.807) is 0 Å². The molecule has 0 saturated carbocycles. The number of rotatable bonds is 3. The molecule has 0 aliphatic heterocycles. The van der Waals surface area contributed by atoms with Crippen LogP contribution in [0.1, 0.15) is 12.1 Å². The summed E-state index contributed by atoms with van der Waals surface area (Å²) in [5.41, 5.74) is 0.577. The molecule has 0 atom stereocenters. The highest BCUT2D eigenvalue weighted by Crippen LogP contribution is 2.19. The van der Waals surface area contributed by atoms with E-state index in [4.69, 9.17) is 16.7 Å². The lowest BCUT2D eigenvalue weighted by Crippen LogP contribution is -1.93. The summed E-state index contributed by atoms with van der Waals surface area (Å²) in [6.45, 7) is 0.101. The van der Waals surface area contributed by atoms with Gasteiger partial charge in [0.1, 0.15) is 5.75 Å². The zero-order chi connectivity index (χ0) is 8.97. The van der Waals surface area contributed by atoms with E-state index in [1.807, 2.05) is 0 Å². The smallest absolute Gasteiger partial charge is 0.138 e. The van der Waals surface area contributed by atoms with Gasteiger partial charge in [0, 0.05) is 18.9 Å². The number of aliphatic hydroxyl groups excluding tert-OH is 1. The lowest BCUT2D eigenvalue weighted by molar-refractivity contribution is 0.287. The number of aromatic hydroxyl groups is 1. The third-order valence-corrected chi connectivity index (χ3v) is 1.69. The van der Waals surface area contributed by atoms with Crippen molar-refractivity contribution in [3.8, 4) is 5.75 Å². The summed E-state index contributed by atoms with van der Waals surface area (Å²) in [6.07, 6.45) is 2.65. The first-order valence-electron chi connectivity index (χ1n) is 3.68. The lowest BCUT2D eigenvalue weighted by atomic mass is 10.2. The molecule has 0 radical (unpaired) electrons. The minimum absolute atomic E-state index is 0.0935. The second-order valence-electron chi connectivity index (χ2n) is 2.45. The number of pyridine rings is 1. The molecule has 1 aromatic rings. The molecule has 0 bridgehead atoms. The van der Waals surface area contributed by atoms with Gasteiger partial charge in [-0.3, -0.25) is 4.98 Å². The molecule has 1 aromatic heterocycles. The quantitative estimate of drug-likeness (QED) is 0.752. The third kappa shape index (κ3) is 2.36. The van der Waals surface area contributed by atoms with E-state index >= 15 is 0 Å². The van der Waals surface area contributed by atoms with Crippen molar-refractivity contribution in [3.05, 3.63) is 23.0 Å². The van der Waals surface area contributed by atoms with E-state index in [0.717, 1.165) is 0 Å². The minimum Gasteiger partial charge on any atom is -0.506 e. The predicted molar refractivity (Wildman–Crippen MR) is 46.3 cm³/mol. The van der Waals surface area contributed by atoms with Crippen molar-refractivity contribution < 1.29 is 10.2 Å². The molecule has 66 valence electrons. The summed E-state index contributed by atoms with van der Waals surface area (Å²) >= 11 is 5.58. The van der Waals surface area contributed by atoms with Crippen molar-refractivity contribution in [2.45, 2.75) is 12.8 Å². The van der Waals surface area contributed by atoms with Gasteiger partial charge in [0.2, 0.25) is 0 Å². The molecule has 0 fully saturated rings. The number of halogens is 1. The molecule has 0 amide bonds. The van der Waals surface area contributed by atoms with Crippen LogP contribution >= 0.6 is 11.6 Å². The largest absolute Gasteiger partial charge is 0.506 e. The van der Waals surface area contributed by atoms with E-state index in [2.05, 4.69) is 4.98 Å². The SMILES string of the molecule is OCCCc1ncc(Cl)cc1O. The molecule has 0 saturated heterocycles. The van der Waals surface area contributed by atoms with Crippen molar-refractivity contribution in [1.82, 2.24) is 4.98 Å². The van der Waals surface area contributed by atoms with E-state index in [-0.39, 0.29) is 12.4 Å². The normalized spacial score (nSPS) is 10.2. The molecular formula is C8H10ClNO2. The van der Waals surface area contributed by atoms with Gasteiger partial charge in [0.15, 0.2) is 0 Å². The topological polar surface area (TPSA) is 53.4 Å². The van der Waals surface area contributed by atoms with Crippen LogP contribution in [0.5, 0.6) is 5.75 Å². The van der Waals surface area contributed by atoms with Crippen LogP contribution in [0.3, 0.4) is 0 Å². The standard InChI is InChI=1S/C8H10ClNO2/c9-6-4-8(12)7(10-5-6)2-1-3-11/h4-5,11-12H,1-3H2. The molecule has 0 aliphatic carbocycles. The highest BCUT2D eigenvalue weighted by atomic mass is 35.5. The van der Waals surface area contributed by atoms with Crippen molar-refractivity contribution in [2.75, 3.05) is 6.61 Å². The number of hydrogen-bond acceptors (Lipinski definition) is 3. The van der Waals surface area contributed by atoms with Crippen LogP contribution in [-0.4, -0.2) is 21.8 Å². The third-order valence-electron chi connectivity index (χ3n) is 1.49. The van der Waals surface area contributed by atoms with E-state index in [1.165, 1.54) is 12.3 Å². The fraction of sp³-hybridized carbons (Fsp3) is 0.375. The molecule has 12 heavy (non-hydrogen) atoms. The second kappa shape index (κ2) is 4.28. The first kappa shape index (κ1) is 9.29. The zero-order valence-electron chi connectivity index (χ0n) is 6.50. The zero-order valence-corrected chi connectivity index (χ0v) is 7.25. The van der Waals surface area contributed by atoms with Gasteiger partial charge in [0.25, 0.3) is 0 Å². The Morgan fingerprint density at radius 3 is 2.83 bits per heavy atom. The van der Waals surface area contributed by atoms with E-state index in [9.17, 15) is 5.11 Å². The summed E-state index contributed by atoms with van der Waals surface area (Å²) < 4.78 is 0. The molecule has 0 aliphatic rings. The van der Waals surface area contributed by atoms with Gasteiger partial charge in [-0.15, -0.1) is 0 Å². The van der Waals surface area contributed by atoms with Crippen LogP contribution in [0.25, 0.3) is 0 Å². The highest BCUT2D eigenvalue weighted by molar-refractivity contribution is 6.30. The van der Waals surface area contributed by atoms with Crippen LogP contribution in [0.2, 0.25) is 5.02 Å². The van der Waals surface area contributed by atoms with E-state index < -0.39 is 0 Å². The molecule has 0 aromatic carbocycles. The average molecular weight is 188 g/mol. The van der Waals surface area contributed by atoms with Crippen molar-refractivity contribution in [3.63, 3.8) is 0 Å². The van der Waals surface area contributed by atoms with Crippen molar-refractivity contribution >= 4 is 11.6 Å². The summed E-state index contributed by atoms with van der Waals surface area (Å²) in [5, 5.41) is 18.2. The summed E-state index contributed by atoms with van der Waals surface area (Å²) in [7, 11) is 0. The minimum atomic E-state index is 0.0935. The van der Waals surface area contributed by atoms with Crippen LogP contribution in [0.15, 0.2) is 12.3 Å². The Hall–Kier alpha value is -0.800. The summed E-state index contributed by atoms with van der Waals surface area (Å²) in [6, 6.07) is 1.45. The summed E-state index contributed by atoms with van der Waals surface area (Å²) in [5.74, 6) is 0.0935. The molecule has 0 spiro atoms. The first-order chi connectivity index (χ1) is 5.74. The number of nitrogens with zero attached hydrogens (tertiary/aromatic N) is 1. The molecule has 4 heteroatoms. The number of hydrogen-bond donors (Lipinski definition) is 2. The second-order valence-corrected chi connectivity index (χ2v) is 2.88. The molecular weight excluding hydrogens is 178 g/mol. The molecule has 0 unspecified atom stereocenters. The fourth-order valence-corrected chi connectivity index (χ4v) is 1.05. The Morgan fingerprint density at radius 1 is 1.50 bits per heavy atom. The van der Waals surface area contributed by atoms with E-state index in [0.29, 0.717) is 23.6 Å². The number of aryl methyl sites for hydroxylation is 1. The predicted octanol–water partition coefficient (Wildman–Crippen LogP) is 1.37. The fourth-order valence-electron chi connectivity index (χ4n) is 0.896. The lowest BCUT2D eigenvalue weighted by Gasteiger charge is -2.01. The van der Waals surface area contributed by atoms with Crippen molar-refractivity contribution in [1.29, 1.82) is 0 Å². The number of aliphatic hydroxyl groups is 1. The molecule has 2 N–H and O–H groups in total. The molecule has 1 heterocycles. The maximum absolute atomic E-state index is 9.29. The number of aromatic nitrogens is 1. The van der Waals surface area contributed by atoms with Crippen LogP contribution in [0, 0.1) is 0 Å². The van der Waals surface area contributed by atoms with Gasteiger partial charge in [-0.05, 0) is 12.8 Å². The first-order valence-corrected chi connectivity index (χ1v) is 4.06. The van der Waals surface area contributed by atoms with Gasteiger partial charge in [-0.2, -0.15) is 0 Å². The maximum atomic E-state index is 9.29. The Balaban J connectivity index is 2.72. The average Bonchev–Trinajstić information content (AvgIpc) is 2.03. The highest BCUT2D eigenvalue weighted by Gasteiger charge is 2.02. The molecule has 1 rings (SSSR count). The maximum Gasteiger partial charge on any atom is 0.138 e. The summed E-state index contributed by atoms with van der Waals surface area (Å²) in [4.78, 5) is 3.92.